The quantitative estimate of drug-likeness (QED) is 0.574. The summed E-state index contributed by atoms with van der Waals surface area (Å²) in [6.45, 7) is 1.81. The molecule has 0 spiro atoms. The predicted molar refractivity (Wildman–Crippen MR) is 95.2 cm³/mol. The number of pyridine rings is 2. The topological polar surface area (TPSA) is 64.2 Å². The fraction of sp³-hybridized carbons (Fsp3) is 0.158. The van der Waals surface area contributed by atoms with E-state index in [0.717, 1.165) is 32.6 Å². The Hall–Kier alpha value is -3.08. The molecule has 0 aliphatic rings. The van der Waals surface area contributed by atoms with E-state index in [0.29, 0.717) is 17.1 Å². The number of fused-ring (bicyclic) bond motifs is 5. The van der Waals surface area contributed by atoms with Gasteiger partial charge in [-0.05, 0) is 25.1 Å². The summed E-state index contributed by atoms with van der Waals surface area (Å²) in [5, 5.41) is 3.96. The van der Waals surface area contributed by atoms with Gasteiger partial charge in [0.15, 0.2) is 16.9 Å². The van der Waals surface area contributed by atoms with Gasteiger partial charge in [0.1, 0.15) is 0 Å². The number of nitrogens with zero attached hydrogens (tertiary/aromatic N) is 1. The Morgan fingerprint density at radius 3 is 2.54 bits per heavy atom. The lowest BCUT2D eigenvalue weighted by atomic mass is 10.0. The number of aromatic amines is 1. The van der Waals surface area contributed by atoms with Crippen LogP contribution in [0.1, 0.15) is 5.56 Å². The molecule has 0 aliphatic carbocycles. The Labute approximate surface area is 137 Å². The van der Waals surface area contributed by atoms with Crippen molar-refractivity contribution < 1.29 is 9.47 Å². The van der Waals surface area contributed by atoms with E-state index in [1.54, 1.807) is 26.5 Å². The number of hydrogen-bond acceptors (Lipinski definition) is 4. The standard InChI is InChI=1S/C19H16N2O3/c1-10-15(22)5-4-12-18-11(9-21-19(10)12)8-20-14-7-17(24-3)16(23-2)6-13(14)18/h4-9,20H,1-3H3. The van der Waals surface area contributed by atoms with Crippen molar-refractivity contribution >= 4 is 32.6 Å². The molecule has 0 saturated heterocycles. The van der Waals surface area contributed by atoms with Gasteiger partial charge in [0.2, 0.25) is 0 Å². The van der Waals surface area contributed by atoms with Crippen LogP contribution in [0.4, 0.5) is 0 Å². The fourth-order valence-corrected chi connectivity index (χ4v) is 3.17. The van der Waals surface area contributed by atoms with Crippen molar-refractivity contribution in [2.75, 3.05) is 14.2 Å². The first-order valence-corrected chi connectivity index (χ1v) is 7.59. The van der Waals surface area contributed by atoms with Gasteiger partial charge in [-0.1, -0.05) is 0 Å². The molecule has 0 saturated carbocycles. The van der Waals surface area contributed by atoms with Gasteiger partial charge >= 0.3 is 0 Å². The maximum atomic E-state index is 11.9. The second-order valence-electron chi connectivity index (χ2n) is 5.71. The monoisotopic (exact) mass is 320 g/mol. The number of hydrogen-bond donors (Lipinski definition) is 1. The minimum absolute atomic E-state index is 0.000369. The molecular formula is C19H16N2O3. The molecule has 0 aliphatic heterocycles. The maximum Gasteiger partial charge on any atom is 0.183 e. The zero-order chi connectivity index (χ0) is 16.8. The smallest absolute Gasteiger partial charge is 0.183 e. The van der Waals surface area contributed by atoms with E-state index in [2.05, 4.69) is 9.97 Å². The van der Waals surface area contributed by atoms with Gasteiger partial charge in [0.05, 0.1) is 19.7 Å². The van der Waals surface area contributed by atoms with E-state index in [1.165, 1.54) is 0 Å². The van der Waals surface area contributed by atoms with Crippen molar-refractivity contribution in [3.05, 3.63) is 52.4 Å². The van der Waals surface area contributed by atoms with Crippen LogP contribution in [0.15, 0.2) is 41.5 Å². The highest BCUT2D eigenvalue weighted by atomic mass is 16.5. The van der Waals surface area contributed by atoms with E-state index in [1.807, 2.05) is 31.3 Å². The fourth-order valence-electron chi connectivity index (χ4n) is 3.17. The molecule has 5 heteroatoms. The summed E-state index contributed by atoms with van der Waals surface area (Å²) in [6, 6.07) is 7.31. The number of H-pyrrole nitrogens is 1. The van der Waals surface area contributed by atoms with Crippen LogP contribution in [0.3, 0.4) is 0 Å². The first-order valence-electron chi connectivity index (χ1n) is 7.59. The van der Waals surface area contributed by atoms with Crippen LogP contribution in [0.5, 0.6) is 11.5 Å². The number of ether oxygens (including phenoxy) is 2. The third-order valence-electron chi connectivity index (χ3n) is 4.45. The van der Waals surface area contributed by atoms with Crippen molar-refractivity contribution in [3.8, 4) is 11.5 Å². The zero-order valence-corrected chi connectivity index (χ0v) is 13.6. The summed E-state index contributed by atoms with van der Waals surface area (Å²) in [5.74, 6) is 1.32. The molecular weight excluding hydrogens is 304 g/mol. The highest BCUT2D eigenvalue weighted by Crippen LogP contribution is 2.36. The SMILES string of the molecule is COc1cc2[nH]cc3cnc4c(C)c(=O)ccc4c3c2cc1OC. The lowest BCUT2D eigenvalue weighted by molar-refractivity contribution is 0.356. The normalized spacial score (nSPS) is 11.3. The van der Waals surface area contributed by atoms with E-state index >= 15 is 0 Å². The van der Waals surface area contributed by atoms with Crippen LogP contribution in [0.25, 0.3) is 32.6 Å². The summed E-state index contributed by atoms with van der Waals surface area (Å²) in [5.41, 5.74) is 2.32. The molecule has 5 nitrogen and oxygen atoms in total. The summed E-state index contributed by atoms with van der Waals surface area (Å²) < 4.78 is 10.8. The number of methoxy groups -OCH3 is 2. The van der Waals surface area contributed by atoms with Crippen LogP contribution in [-0.4, -0.2) is 24.2 Å². The van der Waals surface area contributed by atoms with Gasteiger partial charge in [-0.15, -0.1) is 0 Å². The van der Waals surface area contributed by atoms with Gasteiger partial charge in [0, 0.05) is 51.1 Å². The second kappa shape index (κ2) is 5.23. The molecule has 120 valence electrons. The number of aromatic nitrogens is 2. The molecule has 0 unspecified atom stereocenters. The summed E-state index contributed by atoms with van der Waals surface area (Å²) in [7, 11) is 3.23. The van der Waals surface area contributed by atoms with Crippen LogP contribution < -0.4 is 14.9 Å². The van der Waals surface area contributed by atoms with E-state index in [-0.39, 0.29) is 5.43 Å². The van der Waals surface area contributed by atoms with E-state index in [4.69, 9.17) is 9.47 Å². The zero-order valence-electron chi connectivity index (χ0n) is 13.6. The average molecular weight is 320 g/mol. The van der Waals surface area contributed by atoms with Crippen molar-refractivity contribution in [2.24, 2.45) is 0 Å². The first kappa shape index (κ1) is 14.5. The number of benzene rings is 2. The average Bonchev–Trinajstić information content (AvgIpc) is 2.62. The highest BCUT2D eigenvalue weighted by Gasteiger charge is 2.13. The molecule has 0 amide bonds. The van der Waals surface area contributed by atoms with Gasteiger partial charge in [-0.25, -0.2) is 0 Å². The lowest BCUT2D eigenvalue weighted by Gasteiger charge is -2.12. The maximum absolute atomic E-state index is 11.9. The second-order valence-corrected chi connectivity index (χ2v) is 5.71. The van der Waals surface area contributed by atoms with Crippen molar-refractivity contribution in [3.63, 3.8) is 0 Å². The number of nitrogens with one attached hydrogen (secondary N) is 1. The molecule has 2 heterocycles. The molecule has 24 heavy (non-hydrogen) atoms. The highest BCUT2D eigenvalue weighted by molar-refractivity contribution is 6.18. The molecule has 4 rings (SSSR count). The predicted octanol–water partition coefficient (Wildman–Crippen LogP) is 3.56. The number of aryl methyl sites for hydroxylation is 1. The van der Waals surface area contributed by atoms with Crippen molar-refractivity contribution in [2.45, 2.75) is 6.92 Å². The Morgan fingerprint density at radius 2 is 1.79 bits per heavy atom. The van der Waals surface area contributed by atoms with Gasteiger partial charge in [-0.3, -0.25) is 9.78 Å². The van der Waals surface area contributed by atoms with Crippen LogP contribution in [0.2, 0.25) is 0 Å². The third-order valence-corrected chi connectivity index (χ3v) is 4.45. The van der Waals surface area contributed by atoms with Crippen LogP contribution in [0, 0.1) is 6.92 Å². The number of rotatable bonds is 2. The first-order chi connectivity index (χ1) is 11.6. The molecule has 1 N–H and O–H groups in total. The third kappa shape index (κ3) is 1.94. The summed E-state index contributed by atoms with van der Waals surface area (Å²) in [4.78, 5) is 19.7. The largest absolute Gasteiger partial charge is 0.493 e. The minimum atomic E-state index is 0.000369. The van der Waals surface area contributed by atoms with E-state index in [9.17, 15) is 4.79 Å². The molecule has 2 aromatic carbocycles. The molecule has 0 radical (unpaired) electrons. The minimum Gasteiger partial charge on any atom is -0.493 e. The van der Waals surface area contributed by atoms with Gasteiger partial charge in [0.25, 0.3) is 0 Å². The van der Waals surface area contributed by atoms with Crippen molar-refractivity contribution in [1.29, 1.82) is 0 Å². The molecule has 0 bridgehead atoms. The van der Waals surface area contributed by atoms with Gasteiger partial charge < -0.3 is 14.5 Å². The molecule has 0 fully saturated rings. The van der Waals surface area contributed by atoms with Crippen LogP contribution in [-0.2, 0) is 0 Å². The Morgan fingerprint density at radius 1 is 1.04 bits per heavy atom. The Balaban J connectivity index is 2.25. The Kier molecular flexibility index (Phi) is 3.16. The van der Waals surface area contributed by atoms with Crippen LogP contribution >= 0.6 is 0 Å². The van der Waals surface area contributed by atoms with E-state index < -0.39 is 0 Å². The lowest BCUT2D eigenvalue weighted by Crippen LogP contribution is -2.04. The Bertz CT molecular complexity index is 1160. The summed E-state index contributed by atoms with van der Waals surface area (Å²) in [6.07, 6.45) is 3.70. The molecule has 4 aromatic rings. The molecule has 2 aromatic heterocycles. The van der Waals surface area contributed by atoms with Gasteiger partial charge in [-0.2, -0.15) is 0 Å². The van der Waals surface area contributed by atoms with Crippen molar-refractivity contribution in [1.82, 2.24) is 9.97 Å². The summed E-state index contributed by atoms with van der Waals surface area (Å²) >= 11 is 0. The molecule has 0 atom stereocenters.